The van der Waals surface area contributed by atoms with Gasteiger partial charge in [0.15, 0.2) is 5.82 Å². The molecule has 3 aromatic rings. The van der Waals surface area contributed by atoms with E-state index in [1.807, 2.05) is 24.4 Å². The molecule has 0 amide bonds. The zero-order valence-electron chi connectivity index (χ0n) is 14.3. The standard InChI is InChI=1S/C18H17ClN4O2S/c1-3-25-18(24)15-9-21-16(12-4-6-13(19)7-5-12)23-17(15)20-8-14-10-26-11(2)22-14/h4-7,9-10H,3,8H2,1-2H3,(H,20,21,23). The minimum atomic E-state index is -0.466. The smallest absolute Gasteiger partial charge is 0.343 e. The van der Waals surface area contributed by atoms with Crippen molar-refractivity contribution in [1.29, 1.82) is 0 Å². The third-order valence-electron chi connectivity index (χ3n) is 3.49. The number of nitrogens with zero attached hydrogens (tertiary/aromatic N) is 3. The number of carbonyl (C=O) groups excluding carboxylic acids is 1. The summed E-state index contributed by atoms with van der Waals surface area (Å²) in [6.45, 7) is 4.43. The topological polar surface area (TPSA) is 77.0 Å². The molecule has 0 radical (unpaired) electrons. The number of hydrogen-bond donors (Lipinski definition) is 1. The van der Waals surface area contributed by atoms with E-state index in [9.17, 15) is 4.79 Å². The molecule has 0 aliphatic rings. The molecule has 2 heterocycles. The Labute approximate surface area is 160 Å². The Balaban J connectivity index is 1.91. The van der Waals surface area contributed by atoms with Crippen LogP contribution in [0.3, 0.4) is 0 Å². The number of esters is 1. The SMILES string of the molecule is CCOC(=O)c1cnc(-c2ccc(Cl)cc2)nc1NCc1csc(C)n1. The van der Waals surface area contributed by atoms with Gasteiger partial charge in [0.25, 0.3) is 0 Å². The molecule has 0 saturated carbocycles. The number of anilines is 1. The normalized spacial score (nSPS) is 10.6. The van der Waals surface area contributed by atoms with E-state index in [0.29, 0.717) is 23.2 Å². The molecular weight excluding hydrogens is 372 g/mol. The number of ether oxygens (including phenoxy) is 1. The summed E-state index contributed by atoms with van der Waals surface area (Å²) in [5.41, 5.74) is 1.97. The second-order valence-electron chi connectivity index (χ2n) is 5.39. The summed E-state index contributed by atoms with van der Waals surface area (Å²) in [5, 5.41) is 6.75. The monoisotopic (exact) mass is 388 g/mol. The number of benzene rings is 1. The van der Waals surface area contributed by atoms with E-state index in [1.54, 1.807) is 30.4 Å². The Hall–Kier alpha value is -2.51. The Morgan fingerprint density at radius 1 is 1.27 bits per heavy atom. The van der Waals surface area contributed by atoms with Gasteiger partial charge in [0.2, 0.25) is 0 Å². The summed E-state index contributed by atoms with van der Waals surface area (Å²) in [5.74, 6) is 0.438. The Morgan fingerprint density at radius 3 is 2.69 bits per heavy atom. The highest BCUT2D eigenvalue weighted by atomic mass is 35.5. The molecule has 0 saturated heterocycles. The summed E-state index contributed by atoms with van der Waals surface area (Å²) in [7, 11) is 0. The summed E-state index contributed by atoms with van der Waals surface area (Å²) < 4.78 is 5.10. The molecule has 0 bridgehead atoms. The zero-order valence-corrected chi connectivity index (χ0v) is 15.9. The fourth-order valence-corrected chi connectivity index (χ4v) is 3.02. The summed E-state index contributed by atoms with van der Waals surface area (Å²) in [4.78, 5) is 25.4. The van der Waals surface area contributed by atoms with E-state index in [4.69, 9.17) is 16.3 Å². The van der Waals surface area contributed by atoms with Gasteiger partial charge in [-0.15, -0.1) is 11.3 Å². The molecule has 6 nitrogen and oxygen atoms in total. The molecule has 1 N–H and O–H groups in total. The van der Waals surface area contributed by atoms with Gasteiger partial charge in [0.1, 0.15) is 11.4 Å². The lowest BCUT2D eigenvalue weighted by Gasteiger charge is -2.11. The Morgan fingerprint density at radius 2 is 2.04 bits per heavy atom. The minimum Gasteiger partial charge on any atom is -0.462 e. The van der Waals surface area contributed by atoms with Gasteiger partial charge in [0.05, 0.1) is 23.9 Å². The van der Waals surface area contributed by atoms with Crippen LogP contribution >= 0.6 is 22.9 Å². The largest absolute Gasteiger partial charge is 0.462 e. The Bertz CT molecular complexity index is 912. The maximum absolute atomic E-state index is 12.2. The van der Waals surface area contributed by atoms with Crippen LogP contribution in [0.25, 0.3) is 11.4 Å². The van der Waals surface area contributed by atoms with Crippen molar-refractivity contribution in [2.75, 3.05) is 11.9 Å². The molecule has 26 heavy (non-hydrogen) atoms. The quantitative estimate of drug-likeness (QED) is 0.632. The van der Waals surface area contributed by atoms with Crippen molar-refractivity contribution in [3.8, 4) is 11.4 Å². The number of carbonyl (C=O) groups is 1. The van der Waals surface area contributed by atoms with Gasteiger partial charge in [-0.05, 0) is 38.1 Å². The van der Waals surface area contributed by atoms with Crippen molar-refractivity contribution in [2.24, 2.45) is 0 Å². The van der Waals surface area contributed by atoms with Crippen LogP contribution in [0.1, 0.15) is 28.0 Å². The Kier molecular flexibility index (Phi) is 5.80. The van der Waals surface area contributed by atoms with Crippen molar-refractivity contribution in [3.05, 3.63) is 57.1 Å². The maximum Gasteiger partial charge on any atom is 0.343 e. The number of aryl methyl sites for hydroxylation is 1. The third-order valence-corrected chi connectivity index (χ3v) is 4.56. The average molecular weight is 389 g/mol. The molecule has 0 spiro atoms. The fourth-order valence-electron chi connectivity index (χ4n) is 2.28. The molecule has 3 rings (SSSR count). The van der Waals surface area contributed by atoms with Crippen LogP contribution in [0.2, 0.25) is 5.02 Å². The summed E-state index contributed by atoms with van der Waals surface area (Å²) in [6.07, 6.45) is 1.48. The van der Waals surface area contributed by atoms with Crippen LogP contribution in [-0.2, 0) is 11.3 Å². The van der Waals surface area contributed by atoms with E-state index < -0.39 is 5.97 Å². The second-order valence-corrected chi connectivity index (χ2v) is 6.89. The molecule has 8 heteroatoms. The van der Waals surface area contributed by atoms with Crippen molar-refractivity contribution >= 4 is 34.7 Å². The first-order valence-electron chi connectivity index (χ1n) is 8.01. The van der Waals surface area contributed by atoms with E-state index in [0.717, 1.165) is 16.3 Å². The molecule has 0 aliphatic carbocycles. The van der Waals surface area contributed by atoms with Crippen LogP contribution in [-0.4, -0.2) is 27.5 Å². The van der Waals surface area contributed by atoms with Crippen molar-refractivity contribution in [2.45, 2.75) is 20.4 Å². The van der Waals surface area contributed by atoms with Crippen LogP contribution in [0.15, 0.2) is 35.8 Å². The van der Waals surface area contributed by atoms with Gasteiger partial charge in [-0.2, -0.15) is 0 Å². The van der Waals surface area contributed by atoms with Crippen LogP contribution in [0, 0.1) is 6.92 Å². The lowest BCUT2D eigenvalue weighted by Crippen LogP contribution is -2.13. The van der Waals surface area contributed by atoms with Gasteiger partial charge < -0.3 is 10.1 Å². The zero-order chi connectivity index (χ0) is 18.5. The van der Waals surface area contributed by atoms with Gasteiger partial charge in [-0.1, -0.05) is 11.6 Å². The van der Waals surface area contributed by atoms with E-state index >= 15 is 0 Å². The predicted molar refractivity (Wildman–Crippen MR) is 103 cm³/mol. The first-order valence-corrected chi connectivity index (χ1v) is 9.27. The highest BCUT2D eigenvalue weighted by Gasteiger charge is 2.17. The number of nitrogens with one attached hydrogen (secondary N) is 1. The number of rotatable bonds is 6. The molecule has 1 aromatic carbocycles. The number of hydrogen-bond acceptors (Lipinski definition) is 7. The van der Waals surface area contributed by atoms with E-state index in [-0.39, 0.29) is 12.2 Å². The first kappa shape index (κ1) is 18.3. The molecule has 0 fully saturated rings. The van der Waals surface area contributed by atoms with E-state index in [1.165, 1.54) is 6.20 Å². The second kappa shape index (κ2) is 8.25. The minimum absolute atomic E-state index is 0.280. The van der Waals surface area contributed by atoms with Crippen molar-refractivity contribution < 1.29 is 9.53 Å². The van der Waals surface area contributed by atoms with Crippen molar-refractivity contribution in [1.82, 2.24) is 15.0 Å². The highest BCUT2D eigenvalue weighted by Crippen LogP contribution is 2.22. The number of halogens is 1. The third kappa shape index (κ3) is 4.36. The lowest BCUT2D eigenvalue weighted by molar-refractivity contribution is 0.0526. The lowest BCUT2D eigenvalue weighted by atomic mass is 10.2. The molecular formula is C18H17ClN4O2S. The van der Waals surface area contributed by atoms with Crippen LogP contribution in [0.4, 0.5) is 5.82 Å². The fraction of sp³-hybridized carbons (Fsp3) is 0.222. The summed E-state index contributed by atoms with van der Waals surface area (Å²) >= 11 is 7.50. The van der Waals surface area contributed by atoms with Gasteiger partial charge in [-0.25, -0.2) is 19.7 Å². The van der Waals surface area contributed by atoms with Crippen LogP contribution in [0.5, 0.6) is 0 Å². The number of thiazole rings is 1. The van der Waals surface area contributed by atoms with Crippen molar-refractivity contribution in [3.63, 3.8) is 0 Å². The van der Waals surface area contributed by atoms with Gasteiger partial charge in [-0.3, -0.25) is 0 Å². The molecule has 0 unspecified atom stereocenters. The van der Waals surface area contributed by atoms with E-state index in [2.05, 4.69) is 20.3 Å². The number of aromatic nitrogens is 3. The van der Waals surface area contributed by atoms with Gasteiger partial charge >= 0.3 is 5.97 Å². The van der Waals surface area contributed by atoms with Crippen LogP contribution < -0.4 is 5.32 Å². The predicted octanol–water partition coefficient (Wildman–Crippen LogP) is 4.35. The highest BCUT2D eigenvalue weighted by molar-refractivity contribution is 7.09. The maximum atomic E-state index is 12.2. The molecule has 2 aromatic heterocycles. The first-order chi connectivity index (χ1) is 12.6. The molecule has 0 atom stereocenters. The molecule has 0 aliphatic heterocycles. The summed E-state index contributed by atoms with van der Waals surface area (Å²) in [6, 6.07) is 7.19. The van der Waals surface area contributed by atoms with Gasteiger partial charge in [0, 0.05) is 22.2 Å². The molecule has 134 valence electrons. The average Bonchev–Trinajstić information content (AvgIpc) is 3.06.